The highest BCUT2D eigenvalue weighted by Gasteiger charge is 2.43. The quantitative estimate of drug-likeness (QED) is 0.601. The second-order valence-corrected chi connectivity index (χ2v) is 7.97. The lowest BCUT2D eigenvalue weighted by atomic mass is 10.0. The number of ether oxygens (including phenoxy) is 2. The molecule has 0 spiro atoms. The zero-order valence-electron chi connectivity index (χ0n) is 16.3. The molecule has 0 aliphatic carbocycles. The number of amides is 1. The molecule has 2 rings (SSSR count). The first-order valence-corrected chi connectivity index (χ1v) is 9.16. The topological polar surface area (TPSA) is 84.9 Å². The Labute approximate surface area is 155 Å². The zero-order valence-corrected chi connectivity index (χ0v) is 16.3. The van der Waals surface area contributed by atoms with Gasteiger partial charge < -0.3 is 19.7 Å². The van der Waals surface area contributed by atoms with Gasteiger partial charge in [0.1, 0.15) is 11.6 Å². The van der Waals surface area contributed by atoms with Crippen molar-refractivity contribution in [2.45, 2.75) is 64.6 Å². The predicted molar refractivity (Wildman–Crippen MR) is 96.3 cm³/mol. The van der Waals surface area contributed by atoms with Crippen molar-refractivity contribution in [2.24, 2.45) is 5.92 Å². The molecule has 2 heterocycles. The average molecular weight is 366 g/mol. The number of methoxy groups -OCH3 is 1. The lowest BCUT2D eigenvalue weighted by Crippen LogP contribution is -2.51. The fourth-order valence-electron chi connectivity index (χ4n) is 3.53. The van der Waals surface area contributed by atoms with E-state index < -0.39 is 23.5 Å². The number of rotatable bonds is 3. The van der Waals surface area contributed by atoms with Crippen molar-refractivity contribution in [3.8, 4) is 0 Å². The van der Waals surface area contributed by atoms with E-state index in [1.54, 1.807) is 38.7 Å². The minimum absolute atomic E-state index is 0.0251. The summed E-state index contributed by atoms with van der Waals surface area (Å²) in [6.07, 6.45) is 3.86. The van der Waals surface area contributed by atoms with Crippen LogP contribution in [0.3, 0.4) is 0 Å². The Hall–Kier alpha value is -1.89. The zero-order chi connectivity index (χ0) is 19.5. The van der Waals surface area contributed by atoms with Crippen molar-refractivity contribution in [1.82, 2.24) is 10.2 Å². The van der Waals surface area contributed by atoms with Crippen LogP contribution in [-0.4, -0.2) is 60.6 Å². The smallest absolute Gasteiger partial charge is 0.333 e. The number of fused-ring (bicyclic) bond motifs is 1. The van der Waals surface area contributed by atoms with Gasteiger partial charge in [0.2, 0.25) is 5.91 Å². The summed E-state index contributed by atoms with van der Waals surface area (Å²) in [6, 6.07) is -0.509. The number of carbonyl (C=O) groups excluding carboxylic acids is 3. The van der Waals surface area contributed by atoms with Gasteiger partial charge >= 0.3 is 11.9 Å². The number of nitrogens with zero attached hydrogens (tertiary/aromatic N) is 1. The summed E-state index contributed by atoms with van der Waals surface area (Å²) in [5.74, 6) is -1.47. The van der Waals surface area contributed by atoms with Crippen molar-refractivity contribution in [1.29, 1.82) is 0 Å². The second kappa shape index (κ2) is 8.20. The summed E-state index contributed by atoms with van der Waals surface area (Å²) >= 11 is 0. The van der Waals surface area contributed by atoms with Gasteiger partial charge in [0.25, 0.3) is 0 Å². The normalized spacial score (nSPS) is 27.4. The molecular formula is C19H30N2O5. The SMILES string of the molecule is COC(=O)[C@@H]1CCC2CCNCC(/C=C(/C)C(=O)OC(C)(C)C)C(=O)N21. The Balaban J connectivity index is 2.22. The number of hydrogen-bond donors (Lipinski definition) is 1. The molecule has 0 radical (unpaired) electrons. The summed E-state index contributed by atoms with van der Waals surface area (Å²) in [5.41, 5.74) is -0.197. The molecule has 7 nitrogen and oxygen atoms in total. The number of carbonyl (C=O) groups is 3. The number of nitrogens with one attached hydrogen (secondary N) is 1. The van der Waals surface area contributed by atoms with E-state index in [1.807, 2.05) is 0 Å². The van der Waals surface area contributed by atoms with Crippen LogP contribution in [0.1, 0.15) is 47.0 Å². The van der Waals surface area contributed by atoms with E-state index in [9.17, 15) is 14.4 Å². The van der Waals surface area contributed by atoms with Gasteiger partial charge in [0, 0.05) is 18.2 Å². The van der Waals surface area contributed by atoms with Crippen molar-refractivity contribution in [2.75, 3.05) is 20.2 Å². The third-order valence-electron chi connectivity index (χ3n) is 4.74. The van der Waals surface area contributed by atoms with Gasteiger partial charge in [-0.1, -0.05) is 6.08 Å². The Kier molecular flexibility index (Phi) is 6.44. The number of esters is 2. The molecule has 146 valence electrons. The lowest BCUT2D eigenvalue weighted by Gasteiger charge is -2.34. The van der Waals surface area contributed by atoms with Crippen LogP contribution in [0.2, 0.25) is 0 Å². The van der Waals surface area contributed by atoms with E-state index in [2.05, 4.69) is 5.32 Å². The molecule has 1 N–H and O–H groups in total. The van der Waals surface area contributed by atoms with Gasteiger partial charge in [-0.05, 0) is 53.5 Å². The van der Waals surface area contributed by atoms with Crippen LogP contribution in [-0.2, 0) is 23.9 Å². The van der Waals surface area contributed by atoms with E-state index in [4.69, 9.17) is 9.47 Å². The molecule has 0 aromatic heterocycles. The Morgan fingerprint density at radius 3 is 2.54 bits per heavy atom. The summed E-state index contributed by atoms with van der Waals surface area (Å²) in [6.45, 7) is 8.25. The van der Waals surface area contributed by atoms with Gasteiger partial charge in [-0.15, -0.1) is 0 Å². The fourth-order valence-corrected chi connectivity index (χ4v) is 3.53. The van der Waals surface area contributed by atoms with Crippen LogP contribution in [0, 0.1) is 5.92 Å². The van der Waals surface area contributed by atoms with E-state index in [-0.39, 0.29) is 17.9 Å². The van der Waals surface area contributed by atoms with Crippen LogP contribution in [0.25, 0.3) is 0 Å². The van der Waals surface area contributed by atoms with Crippen molar-refractivity contribution < 1.29 is 23.9 Å². The second-order valence-electron chi connectivity index (χ2n) is 7.97. The van der Waals surface area contributed by atoms with Crippen molar-refractivity contribution in [3.05, 3.63) is 11.6 Å². The van der Waals surface area contributed by atoms with Crippen molar-refractivity contribution >= 4 is 17.8 Å². The molecule has 2 fully saturated rings. The molecule has 3 atom stereocenters. The summed E-state index contributed by atoms with van der Waals surface area (Å²) in [7, 11) is 1.34. The minimum atomic E-state index is -0.592. The third-order valence-corrected chi connectivity index (χ3v) is 4.74. The highest BCUT2D eigenvalue weighted by molar-refractivity contribution is 5.91. The number of hydrogen-bond acceptors (Lipinski definition) is 6. The maximum Gasteiger partial charge on any atom is 0.333 e. The molecule has 0 bridgehead atoms. The summed E-state index contributed by atoms with van der Waals surface area (Å²) < 4.78 is 10.2. The monoisotopic (exact) mass is 366 g/mol. The lowest BCUT2D eigenvalue weighted by molar-refractivity contribution is -0.153. The average Bonchev–Trinajstić information content (AvgIpc) is 2.96. The van der Waals surface area contributed by atoms with Crippen LogP contribution in [0.4, 0.5) is 0 Å². The maximum atomic E-state index is 13.1. The van der Waals surface area contributed by atoms with Crippen LogP contribution < -0.4 is 5.32 Å². The molecule has 0 saturated carbocycles. The van der Waals surface area contributed by atoms with Crippen molar-refractivity contribution in [3.63, 3.8) is 0 Å². The van der Waals surface area contributed by atoms with Gasteiger partial charge in [-0.25, -0.2) is 9.59 Å². The molecule has 7 heteroatoms. The standard InChI is InChI=1S/C19H30N2O5/c1-12(17(23)26-19(2,3)4)10-13-11-20-9-8-14-6-7-15(18(24)25-5)21(14)16(13)22/h10,13-15,20H,6-9,11H2,1-5H3/b12-10-/t13?,14?,15-/m0/s1. The first-order valence-electron chi connectivity index (χ1n) is 9.16. The summed E-state index contributed by atoms with van der Waals surface area (Å²) in [4.78, 5) is 39.1. The van der Waals surface area contributed by atoms with E-state index >= 15 is 0 Å². The molecular weight excluding hydrogens is 336 g/mol. The van der Waals surface area contributed by atoms with Gasteiger partial charge in [-0.2, -0.15) is 0 Å². The molecule has 2 aliphatic heterocycles. The molecule has 26 heavy (non-hydrogen) atoms. The molecule has 0 aromatic carbocycles. The summed E-state index contributed by atoms with van der Waals surface area (Å²) in [5, 5.41) is 3.27. The molecule has 2 saturated heterocycles. The van der Waals surface area contributed by atoms with Crippen LogP contribution in [0.5, 0.6) is 0 Å². The Bertz CT molecular complexity index is 593. The first kappa shape index (κ1) is 20.4. The Morgan fingerprint density at radius 1 is 1.23 bits per heavy atom. The molecule has 0 aromatic rings. The first-order chi connectivity index (χ1) is 12.1. The fraction of sp³-hybridized carbons (Fsp3) is 0.737. The Morgan fingerprint density at radius 2 is 1.92 bits per heavy atom. The molecule has 1 amide bonds. The van der Waals surface area contributed by atoms with E-state index in [0.29, 0.717) is 18.5 Å². The highest BCUT2D eigenvalue weighted by atomic mass is 16.6. The largest absolute Gasteiger partial charge is 0.467 e. The van der Waals surface area contributed by atoms with Gasteiger partial charge in [0.05, 0.1) is 13.0 Å². The van der Waals surface area contributed by atoms with Gasteiger partial charge in [-0.3, -0.25) is 4.79 Å². The van der Waals surface area contributed by atoms with E-state index in [0.717, 1.165) is 19.4 Å². The molecule has 2 unspecified atom stereocenters. The molecule has 2 aliphatic rings. The maximum absolute atomic E-state index is 13.1. The minimum Gasteiger partial charge on any atom is -0.467 e. The predicted octanol–water partition coefficient (Wildman–Crippen LogP) is 1.42. The highest BCUT2D eigenvalue weighted by Crippen LogP contribution is 2.30. The van der Waals surface area contributed by atoms with Gasteiger partial charge in [0.15, 0.2) is 0 Å². The van der Waals surface area contributed by atoms with Crippen LogP contribution in [0.15, 0.2) is 11.6 Å². The third kappa shape index (κ3) is 4.84. The van der Waals surface area contributed by atoms with E-state index in [1.165, 1.54) is 7.11 Å². The van der Waals surface area contributed by atoms with Crippen LogP contribution >= 0.6 is 0 Å².